The van der Waals surface area contributed by atoms with E-state index in [0.717, 1.165) is 24.0 Å². The lowest BCUT2D eigenvalue weighted by atomic mass is 9.61. The second-order valence-corrected chi connectivity index (χ2v) is 9.37. The number of esters is 1. The van der Waals surface area contributed by atoms with Crippen molar-refractivity contribution in [1.82, 2.24) is 5.32 Å². The minimum absolute atomic E-state index is 0.0536. The maximum atomic E-state index is 13.6. The Bertz CT molecular complexity index is 901. The Kier molecular flexibility index (Phi) is 8.64. The van der Waals surface area contributed by atoms with Crippen molar-refractivity contribution in [2.75, 3.05) is 6.61 Å². The second kappa shape index (κ2) is 11.4. The zero-order valence-corrected chi connectivity index (χ0v) is 19.4. The second-order valence-electron chi connectivity index (χ2n) is 9.37. The molecule has 1 aliphatic carbocycles. The van der Waals surface area contributed by atoms with Crippen LogP contribution in [-0.2, 0) is 27.4 Å². The van der Waals surface area contributed by atoms with E-state index in [9.17, 15) is 19.8 Å². The number of aliphatic hydroxyl groups is 2. The van der Waals surface area contributed by atoms with Crippen molar-refractivity contribution >= 4 is 11.9 Å². The summed E-state index contributed by atoms with van der Waals surface area (Å²) in [6.45, 7) is 3.36. The average molecular weight is 454 g/mol. The van der Waals surface area contributed by atoms with Gasteiger partial charge in [0.15, 0.2) is 6.04 Å². The van der Waals surface area contributed by atoms with Gasteiger partial charge in [-0.2, -0.15) is 0 Å². The van der Waals surface area contributed by atoms with Crippen molar-refractivity contribution in [3.8, 4) is 0 Å². The van der Waals surface area contributed by atoms with E-state index in [1.807, 2.05) is 60.7 Å². The summed E-state index contributed by atoms with van der Waals surface area (Å²) < 4.78 is 5.37. The van der Waals surface area contributed by atoms with Gasteiger partial charge in [-0.15, -0.1) is 0 Å². The predicted molar refractivity (Wildman–Crippen MR) is 126 cm³/mol. The van der Waals surface area contributed by atoms with Crippen LogP contribution in [0.15, 0.2) is 60.7 Å². The Morgan fingerprint density at radius 3 is 2.27 bits per heavy atom. The van der Waals surface area contributed by atoms with Crippen LogP contribution in [0.4, 0.5) is 0 Å². The smallest absolute Gasteiger partial charge is 0.331 e. The highest BCUT2D eigenvalue weighted by Gasteiger charge is 2.49. The Hall–Kier alpha value is -2.70. The molecule has 2 aromatic carbocycles. The van der Waals surface area contributed by atoms with E-state index in [0.29, 0.717) is 18.8 Å². The minimum atomic E-state index is -1.21. The number of carbonyl (C=O) groups is 2. The third kappa shape index (κ3) is 6.21. The molecular formula is C27H35NO5. The van der Waals surface area contributed by atoms with Gasteiger partial charge in [0.2, 0.25) is 5.91 Å². The zero-order valence-electron chi connectivity index (χ0n) is 19.4. The summed E-state index contributed by atoms with van der Waals surface area (Å²) in [4.78, 5) is 26.3. The number of carbonyl (C=O) groups excluding carboxylic acids is 2. The van der Waals surface area contributed by atoms with Gasteiger partial charge in [-0.25, -0.2) is 4.79 Å². The highest BCUT2D eigenvalue weighted by atomic mass is 16.5. The van der Waals surface area contributed by atoms with E-state index < -0.39 is 29.4 Å². The first-order chi connectivity index (χ1) is 15.9. The summed E-state index contributed by atoms with van der Waals surface area (Å²) in [5, 5.41) is 23.4. The molecule has 6 heteroatoms. The van der Waals surface area contributed by atoms with Crippen molar-refractivity contribution in [1.29, 1.82) is 0 Å². The maximum absolute atomic E-state index is 13.6. The highest BCUT2D eigenvalue weighted by molar-refractivity contribution is 5.89. The molecule has 1 amide bonds. The molecule has 3 unspecified atom stereocenters. The standard InChI is InChI=1S/C27H35NO5/c1-19-13-14-27(18-29,23(15-19)16-21-9-5-3-6-10-21)26(32)28-24(20(2)30)25(31)33-17-22-11-7-4-8-12-22/h3-12,19-20,23-24,29-30H,13-18H2,1-2H3,(H,28,32)/t19?,20-,23?,24+,27?/m1/s1. The van der Waals surface area contributed by atoms with Gasteiger partial charge in [-0.1, -0.05) is 67.6 Å². The zero-order chi connectivity index (χ0) is 23.8. The molecule has 0 saturated heterocycles. The molecule has 2 aromatic rings. The Labute approximate surface area is 196 Å². The number of benzene rings is 2. The predicted octanol–water partition coefficient (Wildman–Crippen LogP) is 3.25. The monoisotopic (exact) mass is 453 g/mol. The molecule has 5 atom stereocenters. The van der Waals surface area contributed by atoms with E-state index in [1.54, 1.807) is 0 Å². The Balaban J connectivity index is 1.75. The van der Waals surface area contributed by atoms with Crippen molar-refractivity contribution < 1.29 is 24.5 Å². The number of hydrogen-bond acceptors (Lipinski definition) is 5. The summed E-state index contributed by atoms with van der Waals surface area (Å²) in [7, 11) is 0. The molecule has 0 heterocycles. The number of rotatable bonds is 9. The SMILES string of the molecule is CC1CCC(CO)(C(=O)N[C@H](C(=O)OCc2ccccc2)[C@@H](C)O)C(Cc2ccccc2)C1. The lowest BCUT2D eigenvalue weighted by Gasteiger charge is -2.44. The fourth-order valence-electron chi connectivity index (χ4n) is 4.77. The number of nitrogens with one attached hydrogen (secondary N) is 1. The first kappa shape index (κ1) is 24.9. The topological polar surface area (TPSA) is 95.9 Å². The highest BCUT2D eigenvalue weighted by Crippen LogP contribution is 2.45. The Morgan fingerprint density at radius 1 is 1.09 bits per heavy atom. The Morgan fingerprint density at radius 2 is 1.70 bits per heavy atom. The van der Waals surface area contributed by atoms with Crippen molar-refractivity contribution in [3.63, 3.8) is 0 Å². The van der Waals surface area contributed by atoms with Crippen molar-refractivity contribution in [3.05, 3.63) is 71.8 Å². The van der Waals surface area contributed by atoms with Crippen LogP contribution in [0.25, 0.3) is 0 Å². The fraction of sp³-hybridized carbons (Fsp3) is 0.481. The maximum Gasteiger partial charge on any atom is 0.331 e. The molecule has 0 aromatic heterocycles. The van der Waals surface area contributed by atoms with Gasteiger partial charge in [-0.05, 0) is 55.6 Å². The van der Waals surface area contributed by atoms with Gasteiger partial charge in [0.25, 0.3) is 0 Å². The molecule has 0 bridgehead atoms. The molecule has 6 nitrogen and oxygen atoms in total. The van der Waals surface area contributed by atoms with Crippen LogP contribution in [0.3, 0.4) is 0 Å². The van der Waals surface area contributed by atoms with E-state index >= 15 is 0 Å². The van der Waals surface area contributed by atoms with Crippen LogP contribution in [0, 0.1) is 17.3 Å². The molecule has 178 valence electrons. The van der Waals surface area contributed by atoms with Crippen LogP contribution in [0.2, 0.25) is 0 Å². The third-order valence-electron chi connectivity index (χ3n) is 6.86. The molecular weight excluding hydrogens is 418 g/mol. The van der Waals surface area contributed by atoms with E-state index in [-0.39, 0.29) is 19.1 Å². The average Bonchev–Trinajstić information content (AvgIpc) is 2.82. The molecule has 1 aliphatic rings. The molecule has 1 fully saturated rings. The van der Waals surface area contributed by atoms with Crippen molar-refractivity contribution in [2.24, 2.45) is 17.3 Å². The van der Waals surface area contributed by atoms with E-state index in [4.69, 9.17) is 4.74 Å². The van der Waals surface area contributed by atoms with Crippen LogP contribution in [0.1, 0.15) is 44.2 Å². The number of aliphatic hydroxyl groups excluding tert-OH is 2. The van der Waals surface area contributed by atoms with Crippen LogP contribution in [0.5, 0.6) is 0 Å². The van der Waals surface area contributed by atoms with Gasteiger partial charge >= 0.3 is 5.97 Å². The largest absolute Gasteiger partial charge is 0.459 e. The molecule has 3 N–H and O–H groups in total. The molecule has 3 rings (SSSR count). The summed E-state index contributed by atoms with van der Waals surface area (Å²) in [6.07, 6.45) is 1.68. The summed E-state index contributed by atoms with van der Waals surface area (Å²) >= 11 is 0. The molecule has 1 saturated carbocycles. The molecule has 0 aliphatic heterocycles. The molecule has 0 spiro atoms. The number of ether oxygens (including phenoxy) is 1. The van der Waals surface area contributed by atoms with E-state index in [1.165, 1.54) is 6.92 Å². The molecule has 33 heavy (non-hydrogen) atoms. The van der Waals surface area contributed by atoms with Gasteiger partial charge in [0, 0.05) is 0 Å². The van der Waals surface area contributed by atoms with Gasteiger partial charge in [0.05, 0.1) is 18.1 Å². The number of hydrogen-bond donors (Lipinski definition) is 3. The van der Waals surface area contributed by atoms with E-state index in [2.05, 4.69) is 12.2 Å². The quantitative estimate of drug-likeness (QED) is 0.507. The van der Waals surface area contributed by atoms with Crippen molar-refractivity contribution in [2.45, 2.75) is 58.3 Å². The van der Waals surface area contributed by atoms with Crippen LogP contribution >= 0.6 is 0 Å². The minimum Gasteiger partial charge on any atom is -0.459 e. The third-order valence-corrected chi connectivity index (χ3v) is 6.86. The van der Waals surface area contributed by atoms with Gasteiger partial charge in [0.1, 0.15) is 6.61 Å². The number of amides is 1. The fourth-order valence-corrected chi connectivity index (χ4v) is 4.77. The summed E-state index contributed by atoms with van der Waals surface area (Å²) in [5.74, 6) is -0.738. The normalized spacial score (nSPS) is 24.5. The lowest BCUT2D eigenvalue weighted by Crippen LogP contribution is -2.57. The summed E-state index contributed by atoms with van der Waals surface area (Å²) in [6, 6.07) is 18.0. The van der Waals surface area contributed by atoms with Crippen LogP contribution < -0.4 is 5.32 Å². The molecule has 0 radical (unpaired) electrons. The van der Waals surface area contributed by atoms with Crippen LogP contribution in [-0.4, -0.2) is 40.8 Å². The summed E-state index contributed by atoms with van der Waals surface area (Å²) in [5.41, 5.74) is 0.906. The first-order valence-corrected chi connectivity index (χ1v) is 11.7. The van der Waals surface area contributed by atoms with Gasteiger partial charge < -0.3 is 20.3 Å². The van der Waals surface area contributed by atoms with Gasteiger partial charge in [-0.3, -0.25) is 4.79 Å². The lowest BCUT2D eigenvalue weighted by molar-refractivity contribution is -0.156. The first-order valence-electron chi connectivity index (χ1n) is 11.7.